The van der Waals surface area contributed by atoms with Crippen molar-refractivity contribution in [3.05, 3.63) is 35.4 Å². The summed E-state index contributed by atoms with van der Waals surface area (Å²) >= 11 is 0. The van der Waals surface area contributed by atoms with Crippen molar-refractivity contribution in [2.24, 2.45) is 5.92 Å². The highest BCUT2D eigenvalue weighted by Gasteiger charge is 2.31. The summed E-state index contributed by atoms with van der Waals surface area (Å²) in [5, 5.41) is 3.47. The Hall–Kier alpha value is -0.900. The van der Waals surface area contributed by atoms with E-state index in [0.717, 1.165) is 12.5 Å². The van der Waals surface area contributed by atoms with Gasteiger partial charge in [-0.05, 0) is 39.5 Å². The summed E-state index contributed by atoms with van der Waals surface area (Å²) < 4.78 is 0. The first-order valence-electron chi connectivity index (χ1n) is 7.64. The van der Waals surface area contributed by atoms with E-state index in [0.29, 0.717) is 12.1 Å². The van der Waals surface area contributed by atoms with Crippen molar-refractivity contribution in [2.75, 3.05) is 40.8 Å². The third-order valence-corrected chi connectivity index (χ3v) is 4.58. The molecule has 3 heteroatoms. The molecule has 1 aromatic rings. The van der Waals surface area contributed by atoms with Crippen LogP contribution in [-0.4, -0.2) is 56.6 Å². The molecule has 0 bridgehead atoms. The molecule has 0 saturated carbocycles. The second-order valence-corrected chi connectivity index (χ2v) is 6.48. The van der Waals surface area contributed by atoms with Crippen LogP contribution in [0.4, 0.5) is 0 Å². The first-order valence-corrected chi connectivity index (χ1v) is 7.64. The molecular weight excluding hydrogens is 246 g/mol. The number of aryl methyl sites for hydroxylation is 1. The molecular formula is C17H29N3. The van der Waals surface area contributed by atoms with Crippen molar-refractivity contribution in [1.29, 1.82) is 0 Å². The van der Waals surface area contributed by atoms with Gasteiger partial charge < -0.3 is 10.2 Å². The second-order valence-electron chi connectivity index (χ2n) is 6.48. The summed E-state index contributed by atoms with van der Waals surface area (Å²) in [6.45, 7) is 7.98. The topological polar surface area (TPSA) is 18.5 Å². The molecule has 1 heterocycles. The Morgan fingerprint density at radius 2 is 1.90 bits per heavy atom. The van der Waals surface area contributed by atoms with Gasteiger partial charge in [0, 0.05) is 31.7 Å². The van der Waals surface area contributed by atoms with Gasteiger partial charge in [-0.1, -0.05) is 36.8 Å². The number of benzene rings is 1. The lowest BCUT2D eigenvalue weighted by atomic mass is 10.0. The molecule has 0 radical (unpaired) electrons. The molecule has 1 aliphatic heterocycles. The van der Waals surface area contributed by atoms with Crippen LogP contribution in [-0.2, 0) is 0 Å². The van der Waals surface area contributed by atoms with Crippen LogP contribution in [0.3, 0.4) is 0 Å². The van der Waals surface area contributed by atoms with E-state index in [4.69, 9.17) is 0 Å². The van der Waals surface area contributed by atoms with Crippen molar-refractivity contribution in [2.45, 2.75) is 25.9 Å². The minimum Gasteiger partial charge on any atom is -0.312 e. The number of likely N-dealkylation sites (tertiary alicyclic amines) is 1. The predicted molar refractivity (Wildman–Crippen MR) is 86.1 cm³/mol. The number of nitrogens with one attached hydrogen (secondary N) is 1. The third kappa shape index (κ3) is 3.60. The van der Waals surface area contributed by atoms with Crippen LogP contribution in [0, 0.1) is 12.8 Å². The zero-order valence-electron chi connectivity index (χ0n) is 13.6. The molecule has 1 N–H and O–H groups in total. The summed E-state index contributed by atoms with van der Waals surface area (Å²) in [6.07, 6.45) is 0. The lowest BCUT2D eigenvalue weighted by molar-refractivity contribution is 0.245. The van der Waals surface area contributed by atoms with Crippen LogP contribution < -0.4 is 5.32 Å². The van der Waals surface area contributed by atoms with Crippen molar-refractivity contribution >= 4 is 0 Å². The highest BCUT2D eigenvalue weighted by molar-refractivity contribution is 5.24. The van der Waals surface area contributed by atoms with E-state index in [2.05, 4.69) is 74.4 Å². The van der Waals surface area contributed by atoms with Gasteiger partial charge in [0.25, 0.3) is 0 Å². The Morgan fingerprint density at radius 3 is 2.40 bits per heavy atom. The molecule has 1 fully saturated rings. The third-order valence-electron chi connectivity index (χ3n) is 4.58. The number of nitrogens with zero attached hydrogens (tertiary/aromatic N) is 2. The van der Waals surface area contributed by atoms with E-state index < -0.39 is 0 Å². The zero-order valence-corrected chi connectivity index (χ0v) is 13.6. The summed E-state index contributed by atoms with van der Waals surface area (Å²) in [5.74, 6) is 0.750. The normalized spacial score (nSPS) is 25.3. The van der Waals surface area contributed by atoms with Gasteiger partial charge in [0.1, 0.15) is 0 Å². The first-order chi connectivity index (χ1) is 9.51. The van der Waals surface area contributed by atoms with Gasteiger partial charge in [-0.25, -0.2) is 0 Å². The number of likely N-dealkylation sites (N-methyl/N-ethyl adjacent to an activating group) is 2. The van der Waals surface area contributed by atoms with Crippen LogP contribution >= 0.6 is 0 Å². The fraction of sp³-hybridized carbons (Fsp3) is 0.647. The summed E-state index contributed by atoms with van der Waals surface area (Å²) in [5.41, 5.74) is 2.71. The van der Waals surface area contributed by atoms with Gasteiger partial charge in [-0.2, -0.15) is 0 Å². The molecule has 0 spiro atoms. The summed E-state index contributed by atoms with van der Waals surface area (Å²) in [4.78, 5) is 4.96. The van der Waals surface area contributed by atoms with Crippen LogP contribution in [0.1, 0.15) is 24.1 Å². The SMILES string of the molecule is CNC(CN1CC(C)C(N(C)C)C1)c1ccc(C)cc1. The van der Waals surface area contributed by atoms with E-state index in [9.17, 15) is 0 Å². The number of rotatable bonds is 5. The maximum atomic E-state index is 3.47. The Balaban J connectivity index is 1.99. The molecule has 112 valence electrons. The molecule has 3 atom stereocenters. The maximum Gasteiger partial charge on any atom is 0.0446 e. The largest absolute Gasteiger partial charge is 0.312 e. The Labute approximate surface area is 124 Å². The van der Waals surface area contributed by atoms with Crippen LogP contribution in [0.15, 0.2) is 24.3 Å². The van der Waals surface area contributed by atoms with Crippen molar-refractivity contribution in [1.82, 2.24) is 15.1 Å². The Bertz CT molecular complexity index is 413. The standard InChI is InChI=1S/C17H29N3/c1-13-6-8-15(9-7-13)16(18-3)11-20-10-14(2)17(12-20)19(4)5/h6-9,14,16-18H,10-12H2,1-5H3. The van der Waals surface area contributed by atoms with Crippen molar-refractivity contribution < 1.29 is 0 Å². The van der Waals surface area contributed by atoms with Crippen molar-refractivity contribution in [3.63, 3.8) is 0 Å². The lowest BCUT2D eigenvalue weighted by Gasteiger charge is -2.25. The zero-order chi connectivity index (χ0) is 14.7. The highest BCUT2D eigenvalue weighted by atomic mass is 15.2. The van der Waals surface area contributed by atoms with Crippen LogP contribution in [0.25, 0.3) is 0 Å². The molecule has 3 unspecified atom stereocenters. The van der Waals surface area contributed by atoms with E-state index in [1.807, 2.05) is 0 Å². The van der Waals surface area contributed by atoms with Gasteiger partial charge >= 0.3 is 0 Å². The van der Waals surface area contributed by atoms with Gasteiger partial charge in [0.15, 0.2) is 0 Å². The van der Waals surface area contributed by atoms with Crippen molar-refractivity contribution in [3.8, 4) is 0 Å². The van der Waals surface area contributed by atoms with Crippen LogP contribution in [0.2, 0.25) is 0 Å². The molecule has 3 nitrogen and oxygen atoms in total. The molecule has 1 saturated heterocycles. The second kappa shape index (κ2) is 6.70. The summed E-state index contributed by atoms with van der Waals surface area (Å²) in [7, 11) is 6.45. The molecule has 20 heavy (non-hydrogen) atoms. The molecule has 0 aliphatic carbocycles. The lowest BCUT2D eigenvalue weighted by Crippen LogP contribution is -2.36. The van der Waals surface area contributed by atoms with Gasteiger partial charge in [-0.15, -0.1) is 0 Å². The average Bonchev–Trinajstić information content (AvgIpc) is 2.78. The molecule has 0 amide bonds. The fourth-order valence-electron chi connectivity index (χ4n) is 3.29. The average molecular weight is 275 g/mol. The van der Waals surface area contributed by atoms with Gasteiger partial charge in [-0.3, -0.25) is 4.90 Å². The van der Waals surface area contributed by atoms with Crippen LogP contribution in [0.5, 0.6) is 0 Å². The quantitative estimate of drug-likeness (QED) is 0.888. The molecule has 0 aromatic heterocycles. The molecule has 1 aliphatic rings. The minimum absolute atomic E-state index is 0.420. The molecule has 2 rings (SSSR count). The Kier molecular flexibility index (Phi) is 5.19. The molecule has 1 aromatic carbocycles. The van der Waals surface area contributed by atoms with E-state index in [1.165, 1.54) is 24.2 Å². The highest BCUT2D eigenvalue weighted by Crippen LogP contribution is 2.23. The summed E-state index contributed by atoms with van der Waals surface area (Å²) in [6, 6.07) is 10.0. The van der Waals surface area contributed by atoms with E-state index in [-0.39, 0.29) is 0 Å². The van der Waals surface area contributed by atoms with Gasteiger partial charge in [0.2, 0.25) is 0 Å². The number of hydrogen-bond acceptors (Lipinski definition) is 3. The minimum atomic E-state index is 0.420. The Morgan fingerprint density at radius 1 is 1.25 bits per heavy atom. The van der Waals surface area contributed by atoms with Gasteiger partial charge in [0.05, 0.1) is 0 Å². The smallest absolute Gasteiger partial charge is 0.0446 e. The number of hydrogen-bond donors (Lipinski definition) is 1. The first kappa shape index (κ1) is 15.5. The van der Waals surface area contributed by atoms with E-state index in [1.54, 1.807) is 0 Å². The monoisotopic (exact) mass is 275 g/mol. The fourth-order valence-corrected chi connectivity index (χ4v) is 3.29. The maximum absolute atomic E-state index is 3.47. The predicted octanol–water partition coefficient (Wildman–Crippen LogP) is 2.14. The van der Waals surface area contributed by atoms with E-state index >= 15 is 0 Å².